The SMILES string of the molecule is Cc1ccccc1N(c1ccccc1)c1cc2c(c3c1oc1ccccc13)-c1cc3c(cc1C2(C)C)-c1c(cc(N(c2ccccc2)c2ccccc2C)c2c1oc1ccccc12)C3(C)C. The van der Waals surface area contributed by atoms with Gasteiger partial charge in [0.2, 0.25) is 0 Å². The monoisotopic (exact) mass is 852 g/mol. The molecule has 0 radical (unpaired) electrons. The molecule has 0 bridgehead atoms. The van der Waals surface area contributed by atoms with E-state index in [0.29, 0.717) is 0 Å². The molecule has 2 aromatic heterocycles. The number of para-hydroxylation sites is 6. The van der Waals surface area contributed by atoms with E-state index in [4.69, 9.17) is 8.83 Å². The van der Waals surface area contributed by atoms with E-state index >= 15 is 0 Å². The van der Waals surface area contributed by atoms with E-state index in [0.717, 1.165) is 78.0 Å². The summed E-state index contributed by atoms with van der Waals surface area (Å²) in [5, 5.41) is 4.52. The summed E-state index contributed by atoms with van der Waals surface area (Å²) < 4.78 is 14.2. The van der Waals surface area contributed by atoms with Crippen molar-refractivity contribution in [3.05, 3.63) is 215 Å². The lowest BCUT2D eigenvalue weighted by Crippen LogP contribution is -2.18. The molecule has 2 heterocycles. The molecule has 0 aliphatic heterocycles. The van der Waals surface area contributed by atoms with Crippen LogP contribution in [-0.2, 0) is 10.8 Å². The first-order valence-electron chi connectivity index (χ1n) is 23.1. The minimum atomic E-state index is -0.366. The van der Waals surface area contributed by atoms with E-state index in [9.17, 15) is 0 Å². The maximum atomic E-state index is 7.16. The topological polar surface area (TPSA) is 32.8 Å². The molecule has 2 aliphatic rings. The highest BCUT2D eigenvalue weighted by molar-refractivity contribution is 6.21. The van der Waals surface area contributed by atoms with Gasteiger partial charge in [0.05, 0.1) is 16.8 Å². The van der Waals surface area contributed by atoms with Crippen LogP contribution in [0.3, 0.4) is 0 Å². The van der Waals surface area contributed by atoms with Crippen LogP contribution in [0, 0.1) is 13.8 Å². The number of anilines is 6. The van der Waals surface area contributed by atoms with Crippen LogP contribution in [0.1, 0.15) is 61.1 Å². The van der Waals surface area contributed by atoms with Crippen LogP contribution < -0.4 is 9.80 Å². The summed E-state index contributed by atoms with van der Waals surface area (Å²) in [4.78, 5) is 4.83. The second kappa shape index (κ2) is 13.8. The third-order valence-corrected chi connectivity index (χ3v) is 14.9. The largest absolute Gasteiger partial charge is 0.455 e. The Morgan fingerprint density at radius 1 is 0.364 bits per heavy atom. The van der Waals surface area contributed by atoms with Crippen LogP contribution in [0.25, 0.3) is 66.1 Å². The minimum absolute atomic E-state index is 0.357. The summed E-state index contributed by atoms with van der Waals surface area (Å²) in [5.74, 6) is 0. The molecule has 0 fully saturated rings. The van der Waals surface area contributed by atoms with Gasteiger partial charge < -0.3 is 18.6 Å². The predicted octanol–water partition coefficient (Wildman–Crippen LogP) is 17.7. The van der Waals surface area contributed by atoms with Crippen LogP contribution in [0.2, 0.25) is 0 Å². The van der Waals surface area contributed by atoms with Gasteiger partial charge >= 0.3 is 0 Å². The maximum absolute atomic E-state index is 7.16. The molecule has 0 atom stereocenters. The normalized spacial score (nSPS) is 14.2. The van der Waals surface area contributed by atoms with Gasteiger partial charge in [-0.05, 0) is 137 Å². The molecule has 13 rings (SSSR count). The van der Waals surface area contributed by atoms with Crippen molar-refractivity contribution >= 4 is 78.0 Å². The lowest BCUT2D eigenvalue weighted by atomic mass is 9.79. The number of hydrogen-bond acceptors (Lipinski definition) is 4. The Kier molecular flexibility index (Phi) is 8.10. The number of nitrogens with zero attached hydrogens (tertiary/aromatic N) is 2. The zero-order chi connectivity index (χ0) is 44.6. The van der Waals surface area contributed by atoms with Crippen molar-refractivity contribution in [1.82, 2.24) is 0 Å². The predicted molar refractivity (Wildman–Crippen MR) is 275 cm³/mol. The summed E-state index contributed by atoms with van der Waals surface area (Å²) in [6, 6.07) is 65.9. The molecule has 0 saturated heterocycles. The van der Waals surface area contributed by atoms with Gasteiger partial charge in [0.1, 0.15) is 16.7 Å². The molecule has 0 saturated carbocycles. The molecule has 0 spiro atoms. The van der Waals surface area contributed by atoms with Crippen molar-refractivity contribution in [3.8, 4) is 22.3 Å². The van der Waals surface area contributed by atoms with Crippen LogP contribution in [-0.4, -0.2) is 0 Å². The maximum Gasteiger partial charge on any atom is 0.160 e. The molecule has 4 nitrogen and oxygen atoms in total. The molecule has 2 aliphatic carbocycles. The van der Waals surface area contributed by atoms with Crippen molar-refractivity contribution in [2.24, 2.45) is 0 Å². The molecule has 0 amide bonds. The Hall–Kier alpha value is -7.82. The summed E-state index contributed by atoms with van der Waals surface area (Å²) in [6.45, 7) is 14.0. The zero-order valence-corrected chi connectivity index (χ0v) is 38.0. The Morgan fingerprint density at radius 3 is 1.35 bits per heavy atom. The van der Waals surface area contributed by atoms with E-state index < -0.39 is 0 Å². The van der Waals surface area contributed by atoms with Gasteiger partial charge in [0.15, 0.2) is 5.58 Å². The molecule has 0 unspecified atom stereocenters. The van der Waals surface area contributed by atoms with Gasteiger partial charge in [-0.15, -0.1) is 0 Å². The van der Waals surface area contributed by atoms with Gasteiger partial charge in [-0.1, -0.05) is 137 Å². The van der Waals surface area contributed by atoms with Crippen molar-refractivity contribution < 1.29 is 8.83 Å². The Morgan fingerprint density at radius 2 is 0.788 bits per heavy atom. The van der Waals surface area contributed by atoms with E-state index in [-0.39, 0.29) is 10.8 Å². The average Bonchev–Trinajstić information content (AvgIpc) is 4.04. The summed E-state index contributed by atoms with van der Waals surface area (Å²) in [6.07, 6.45) is 0. The second-order valence-corrected chi connectivity index (χ2v) is 19.3. The van der Waals surface area contributed by atoms with Crippen LogP contribution in [0.4, 0.5) is 34.1 Å². The molecular weight excluding hydrogens is 805 g/mol. The molecule has 4 heteroatoms. The third kappa shape index (κ3) is 5.27. The van der Waals surface area contributed by atoms with Crippen LogP contribution in [0.15, 0.2) is 191 Å². The first-order valence-corrected chi connectivity index (χ1v) is 23.1. The standard InChI is InChI=1S/C62H48N2O2/c1-37-21-13-17-29-49(37)63(39-23-9-7-10-24-39)51-35-48-56(60-57(51)41-27-15-19-31-53(41)66-60)44-34-45-43(33-46(44)62(48,5)6)55-47(61(45,3)4)36-52(59-58(55)42-28-16-20-32-54(42)65-59)64(40-25-11-8-12-26-40)50-30-18-14-22-38(50)2/h7-36H,1-6H3. The van der Waals surface area contributed by atoms with Crippen molar-refractivity contribution in [2.75, 3.05) is 9.80 Å². The number of rotatable bonds is 6. The van der Waals surface area contributed by atoms with Crippen molar-refractivity contribution in [1.29, 1.82) is 0 Å². The van der Waals surface area contributed by atoms with Crippen LogP contribution in [0.5, 0.6) is 0 Å². The minimum Gasteiger partial charge on any atom is -0.455 e. The molecule has 9 aromatic carbocycles. The molecule has 318 valence electrons. The highest BCUT2D eigenvalue weighted by Crippen LogP contribution is 2.62. The second-order valence-electron chi connectivity index (χ2n) is 19.3. The lowest BCUT2D eigenvalue weighted by Gasteiger charge is -2.30. The number of aryl methyl sites for hydroxylation is 2. The van der Waals surface area contributed by atoms with Crippen LogP contribution >= 0.6 is 0 Å². The summed E-state index contributed by atoms with van der Waals surface area (Å²) in [5.41, 5.74) is 22.0. The number of benzene rings is 9. The van der Waals surface area contributed by atoms with Crippen molar-refractivity contribution in [3.63, 3.8) is 0 Å². The van der Waals surface area contributed by atoms with Crippen molar-refractivity contribution in [2.45, 2.75) is 52.4 Å². The average molecular weight is 853 g/mol. The fraction of sp³-hybridized carbons (Fsp3) is 0.129. The fourth-order valence-electron chi connectivity index (χ4n) is 11.6. The first kappa shape index (κ1) is 38.6. The van der Waals surface area contributed by atoms with E-state index in [1.165, 1.54) is 55.6 Å². The highest BCUT2D eigenvalue weighted by atomic mass is 16.3. The van der Waals surface area contributed by atoms with Gasteiger partial charge in [0.25, 0.3) is 0 Å². The van der Waals surface area contributed by atoms with Gasteiger partial charge in [-0.2, -0.15) is 0 Å². The van der Waals surface area contributed by atoms with E-state index in [2.05, 4.69) is 233 Å². The van der Waals surface area contributed by atoms with E-state index in [1.807, 2.05) is 0 Å². The zero-order valence-electron chi connectivity index (χ0n) is 38.0. The van der Waals surface area contributed by atoms with Gasteiger partial charge in [-0.25, -0.2) is 0 Å². The number of hydrogen-bond donors (Lipinski definition) is 0. The summed E-state index contributed by atoms with van der Waals surface area (Å²) in [7, 11) is 0. The lowest BCUT2D eigenvalue weighted by molar-refractivity contribution is 0.649. The molecule has 66 heavy (non-hydrogen) atoms. The Balaban J connectivity index is 1.10. The number of fused-ring (bicyclic) bond motifs is 14. The quantitative estimate of drug-likeness (QED) is 0.167. The number of furan rings is 2. The Bertz CT molecular complexity index is 3800. The van der Waals surface area contributed by atoms with Gasteiger partial charge in [-0.3, -0.25) is 0 Å². The first-order chi connectivity index (χ1) is 32.1. The van der Waals surface area contributed by atoms with E-state index in [1.54, 1.807) is 0 Å². The fourth-order valence-corrected chi connectivity index (χ4v) is 11.6. The highest BCUT2D eigenvalue weighted by Gasteiger charge is 2.45. The smallest absolute Gasteiger partial charge is 0.160 e. The Labute approximate surface area is 385 Å². The molecule has 11 aromatic rings. The van der Waals surface area contributed by atoms with Gasteiger partial charge in [0, 0.05) is 55.3 Å². The molecule has 0 N–H and O–H groups in total. The third-order valence-electron chi connectivity index (χ3n) is 14.9. The molecular formula is C62H48N2O2. The summed E-state index contributed by atoms with van der Waals surface area (Å²) >= 11 is 0.